The number of carbonyl (C=O) groups is 2. The summed E-state index contributed by atoms with van der Waals surface area (Å²) >= 11 is 0. The average molecular weight is 427 g/mol. The fraction of sp³-hybridized carbons (Fsp3) is 0.120. The highest BCUT2D eigenvalue weighted by molar-refractivity contribution is 5.87. The fourth-order valence-corrected chi connectivity index (χ4v) is 3.67. The molecule has 160 valence electrons. The Balaban J connectivity index is 1.98. The van der Waals surface area contributed by atoms with Gasteiger partial charge in [-0.25, -0.2) is 9.78 Å². The number of benzene rings is 2. The molecule has 0 spiro atoms. The minimum Gasteiger partial charge on any atom is -0.467 e. The minimum absolute atomic E-state index is 0.124. The first-order valence-corrected chi connectivity index (χ1v) is 10.0. The molecule has 2 aromatic carbocycles. The van der Waals surface area contributed by atoms with Gasteiger partial charge in [0.2, 0.25) is 0 Å². The number of anilines is 1. The maximum absolute atomic E-state index is 13.1. The van der Waals surface area contributed by atoms with E-state index < -0.39 is 17.6 Å². The van der Waals surface area contributed by atoms with E-state index in [1.54, 1.807) is 41.4 Å². The second-order valence-corrected chi connectivity index (χ2v) is 7.15. The lowest BCUT2D eigenvalue weighted by Crippen LogP contribution is -2.37. The molecule has 32 heavy (non-hydrogen) atoms. The summed E-state index contributed by atoms with van der Waals surface area (Å²) in [7, 11) is 1.31. The van der Waals surface area contributed by atoms with Gasteiger partial charge in [-0.1, -0.05) is 66.7 Å². The van der Waals surface area contributed by atoms with Crippen molar-refractivity contribution >= 4 is 23.7 Å². The second kappa shape index (κ2) is 9.26. The van der Waals surface area contributed by atoms with Gasteiger partial charge < -0.3 is 9.64 Å². The Morgan fingerprint density at radius 1 is 1.03 bits per heavy atom. The zero-order valence-electron chi connectivity index (χ0n) is 17.4. The molecular formula is C25H21N3O4. The molecule has 4 aromatic rings. The molecule has 0 radical (unpaired) electrons. The first kappa shape index (κ1) is 21.0. The van der Waals surface area contributed by atoms with Crippen molar-refractivity contribution < 1.29 is 14.3 Å². The monoisotopic (exact) mass is 427 g/mol. The molecular weight excluding hydrogens is 406 g/mol. The van der Waals surface area contributed by atoms with E-state index in [-0.39, 0.29) is 17.9 Å². The van der Waals surface area contributed by atoms with Crippen LogP contribution in [-0.4, -0.2) is 28.7 Å². The third kappa shape index (κ3) is 4.00. The number of carbonyl (C=O) groups excluding carboxylic acids is 2. The van der Waals surface area contributed by atoms with Crippen molar-refractivity contribution in [1.82, 2.24) is 9.38 Å². The molecule has 4 rings (SSSR count). The lowest BCUT2D eigenvalue weighted by atomic mass is 10.0. The van der Waals surface area contributed by atoms with Crippen molar-refractivity contribution in [2.75, 3.05) is 12.0 Å². The molecule has 0 fully saturated rings. The molecule has 0 bridgehead atoms. The van der Waals surface area contributed by atoms with Gasteiger partial charge in [0, 0.05) is 12.7 Å². The minimum atomic E-state index is -0.918. The molecule has 0 unspecified atom stereocenters. The smallest absolute Gasteiger partial charge is 0.333 e. The molecule has 1 atom stereocenters. The summed E-state index contributed by atoms with van der Waals surface area (Å²) in [4.78, 5) is 44.4. The summed E-state index contributed by atoms with van der Waals surface area (Å²) in [6.07, 6.45) is 2.04. The number of aldehydes is 1. The fourth-order valence-electron chi connectivity index (χ4n) is 3.67. The number of hydrogen-bond acceptors (Lipinski definition) is 6. The van der Waals surface area contributed by atoms with Crippen molar-refractivity contribution in [3.05, 3.63) is 112 Å². The maximum atomic E-state index is 13.1. The van der Waals surface area contributed by atoms with Crippen LogP contribution in [0.15, 0.2) is 89.9 Å². The van der Waals surface area contributed by atoms with Crippen molar-refractivity contribution in [3.63, 3.8) is 0 Å². The Morgan fingerprint density at radius 3 is 2.34 bits per heavy atom. The highest BCUT2D eigenvalue weighted by Crippen LogP contribution is 2.30. The SMILES string of the molecule is COC(=O)[C@H](c1ccccc1)N(Cc1ccccc1)c1nc2ccccn2c(=O)c1C=O. The van der Waals surface area contributed by atoms with E-state index in [0.29, 0.717) is 17.5 Å². The van der Waals surface area contributed by atoms with Gasteiger partial charge in [0.15, 0.2) is 12.3 Å². The molecule has 2 aromatic heterocycles. The standard InChI is InChI=1S/C25H21N3O4/c1-32-25(31)22(19-12-6-3-7-13-19)28(16-18-10-4-2-5-11-18)23-20(17-29)24(30)27-15-9-8-14-21(27)26-23/h2-15,17,22H,16H2,1H3/t22-/m0/s1. The Morgan fingerprint density at radius 2 is 1.69 bits per heavy atom. The van der Waals surface area contributed by atoms with E-state index in [4.69, 9.17) is 4.74 Å². The van der Waals surface area contributed by atoms with Crippen LogP contribution in [0.1, 0.15) is 27.5 Å². The van der Waals surface area contributed by atoms with Crippen molar-refractivity contribution in [3.8, 4) is 0 Å². The van der Waals surface area contributed by atoms with E-state index >= 15 is 0 Å². The van der Waals surface area contributed by atoms with Crippen molar-refractivity contribution in [1.29, 1.82) is 0 Å². The lowest BCUT2D eigenvalue weighted by molar-refractivity contribution is -0.142. The van der Waals surface area contributed by atoms with Crippen molar-refractivity contribution in [2.45, 2.75) is 12.6 Å². The predicted octanol–water partition coefficient (Wildman–Crippen LogP) is 3.43. The summed E-state index contributed by atoms with van der Waals surface area (Å²) < 4.78 is 6.43. The first-order chi connectivity index (χ1) is 15.6. The van der Waals surface area contributed by atoms with E-state index in [9.17, 15) is 14.4 Å². The number of methoxy groups -OCH3 is 1. The predicted molar refractivity (Wildman–Crippen MR) is 121 cm³/mol. The quantitative estimate of drug-likeness (QED) is 0.332. The van der Waals surface area contributed by atoms with Gasteiger partial charge in [-0.05, 0) is 23.3 Å². The molecule has 0 N–H and O–H groups in total. The number of esters is 1. The largest absolute Gasteiger partial charge is 0.467 e. The number of nitrogens with zero attached hydrogens (tertiary/aromatic N) is 3. The zero-order chi connectivity index (χ0) is 22.5. The molecule has 0 aliphatic rings. The number of ether oxygens (including phenoxy) is 1. The molecule has 0 amide bonds. The first-order valence-electron chi connectivity index (χ1n) is 10.0. The summed E-state index contributed by atoms with van der Waals surface area (Å²) in [5.74, 6) is -0.404. The summed E-state index contributed by atoms with van der Waals surface area (Å²) in [5.41, 5.74) is 1.27. The molecule has 0 aliphatic heterocycles. The van der Waals surface area contributed by atoms with Gasteiger partial charge >= 0.3 is 5.97 Å². The van der Waals surface area contributed by atoms with Crippen LogP contribution in [0.4, 0.5) is 5.82 Å². The molecule has 2 heterocycles. The Labute approximate surface area is 184 Å². The molecule has 0 aliphatic carbocycles. The van der Waals surface area contributed by atoms with Crippen LogP contribution >= 0.6 is 0 Å². The average Bonchev–Trinajstić information content (AvgIpc) is 2.84. The molecule has 0 saturated carbocycles. The highest BCUT2D eigenvalue weighted by Gasteiger charge is 2.32. The van der Waals surface area contributed by atoms with E-state index in [1.165, 1.54) is 11.5 Å². The Bertz CT molecular complexity index is 1300. The van der Waals surface area contributed by atoms with Crippen LogP contribution in [0, 0.1) is 0 Å². The summed E-state index contributed by atoms with van der Waals surface area (Å²) in [6, 6.07) is 22.7. The van der Waals surface area contributed by atoms with Gasteiger partial charge in [0.1, 0.15) is 17.0 Å². The number of aromatic nitrogens is 2. The number of rotatable bonds is 7. The topological polar surface area (TPSA) is 81.0 Å². The van der Waals surface area contributed by atoms with E-state index in [1.807, 2.05) is 48.5 Å². The number of fused-ring (bicyclic) bond motifs is 1. The third-order valence-corrected chi connectivity index (χ3v) is 5.19. The molecule has 7 nitrogen and oxygen atoms in total. The lowest BCUT2D eigenvalue weighted by Gasteiger charge is -2.32. The molecule has 0 saturated heterocycles. The van der Waals surface area contributed by atoms with Gasteiger partial charge in [-0.15, -0.1) is 0 Å². The highest BCUT2D eigenvalue weighted by atomic mass is 16.5. The number of pyridine rings is 1. The molecule has 7 heteroatoms. The Kier molecular flexibility index (Phi) is 6.07. The van der Waals surface area contributed by atoms with Crippen LogP contribution in [0.2, 0.25) is 0 Å². The van der Waals surface area contributed by atoms with Gasteiger partial charge in [0.25, 0.3) is 5.56 Å². The summed E-state index contributed by atoms with van der Waals surface area (Å²) in [6.45, 7) is 0.228. The maximum Gasteiger partial charge on any atom is 0.333 e. The zero-order valence-corrected chi connectivity index (χ0v) is 17.4. The van der Waals surface area contributed by atoms with Gasteiger partial charge in [-0.3, -0.25) is 14.0 Å². The number of hydrogen-bond donors (Lipinski definition) is 0. The van der Waals surface area contributed by atoms with Crippen LogP contribution in [0.5, 0.6) is 0 Å². The second-order valence-electron chi connectivity index (χ2n) is 7.15. The summed E-state index contributed by atoms with van der Waals surface area (Å²) in [5, 5.41) is 0. The third-order valence-electron chi connectivity index (χ3n) is 5.19. The van der Waals surface area contributed by atoms with Crippen molar-refractivity contribution in [2.24, 2.45) is 0 Å². The van der Waals surface area contributed by atoms with Crippen LogP contribution < -0.4 is 10.5 Å². The normalized spacial score (nSPS) is 11.7. The van der Waals surface area contributed by atoms with Gasteiger partial charge in [0.05, 0.1) is 7.11 Å². The van der Waals surface area contributed by atoms with Gasteiger partial charge in [-0.2, -0.15) is 0 Å². The van der Waals surface area contributed by atoms with Crippen LogP contribution in [-0.2, 0) is 16.1 Å². The van der Waals surface area contributed by atoms with Crippen LogP contribution in [0.25, 0.3) is 5.65 Å². The van der Waals surface area contributed by atoms with E-state index in [2.05, 4.69) is 4.98 Å². The van der Waals surface area contributed by atoms with Crippen LogP contribution in [0.3, 0.4) is 0 Å². The Hall–Kier alpha value is -4.26. The van der Waals surface area contributed by atoms with E-state index in [0.717, 1.165) is 5.56 Å².